The van der Waals surface area contributed by atoms with Gasteiger partial charge in [0.15, 0.2) is 0 Å². The first-order valence-electron chi connectivity index (χ1n) is 4.99. The molecule has 1 atom stereocenters. The molecule has 1 aromatic rings. The Bertz CT molecular complexity index is 260. The molecule has 1 heterocycles. The van der Waals surface area contributed by atoms with Gasteiger partial charge in [-0.3, -0.25) is 0 Å². The molecule has 80 valence electrons. The van der Waals surface area contributed by atoms with Gasteiger partial charge in [0.2, 0.25) is 0 Å². The molecule has 0 radical (unpaired) electrons. The summed E-state index contributed by atoms with van der Waals surface area (Å²) >= 11 is 1.76. The Hall–Kier alpha value is -0.450. The van der Waals surface area contributed by atoms with Crippen LogP contribution in [0.5, 0.6) is 0 Å². The van der Waals surface area contributed by atoms with Crippen molar-refractivity contribution in [3.8, 4) is 0 Å². The summed E-state index contributed by atoms with van der Waals surface area (Å²) in [6.07, 6.45) is 1.95. The second kappa shape index (κ2) is 6.11. The molecule has 0 aliphatic rings. The average molecular weight is 213 g/mol. The molecular weight excluding hydrogens is 194 g/mol. The van der Waals surface area contributed by atoms with Gasteiger partial charge in [-0.05, 0) is 33.0 Å². The fraction of sp³-hybridized carbons (Fsp3) is 0.700. The molecule has 0 saturated heterocycles. The van der Waals surface area contributed by atoms with Crippen molar-refractivity contribution in [2.75, 3.05) is 20.1 Å². The van der Waals surface area contributed by atoms with Gasteiger partial charge in [0.25, 0.3) is 0 Å². The summed E-state index contributed by atoms with van der Waals surface area (Å²) in [5.74, 6) is 0.675. The third-order valence-corrected chi connectivity index (χ3v) is 2.93. The minimum absolute atomic E-state index is 0.675. The minimum atomic E-state index is 0.675. The average Bonchev–Trinajstić information content (AvgIpc) is 2.52. The van der Waals surface area contributed by atoms with Crippen molar-refractivity contribution in [2.24, 2.45) is 5.92 Å². The van der Waals surface area contributed by atoms with Crippen LogP contribution in [-0.2, 0) is 6.54 Å². The van der Waals surface area contributed by atoms with Gasteiger partial charge < -0.3 is 10.6 Å². The zero-order valence-corrected chi connectivity index (χ0v) is 9.95. The highest BCUT2D eigenvalue weighted by atomic mass is 32.1. The summed E-state index contributed by atoms with van der Waals surface area (Å²) in [7, 11) is 1.99. The van der Waals surface area contributed by atoms with Gasteiger partial charge >= 0.3 is 0 Å². The molecule has 14 heavy (non-hydrogen) atoms. The zero-order valence-electron chi connectivity index (χ0n) is 9.13. The van der Waals surface area contributed by atoms with E-state index in [9.17, 15) is 0 Å². The predicted octanol–water partition coefficient (Wildman–Crippen LogP) is 1.40. The number of nitrogens with one attached hydrogen (secondary N) is 2. The van der Waals surface area contributed by atoms with E-state index >= 15 is 0 Å². The van der Waals surface area contributed by atoms with Crippen LogP contribution in [0.3, 0.4) is 0 Å². The molecule has 0 fully saturated rings. The second-order valence-electron chi connectivity index (χ2n) is 3.64. The van der Waals surface area contributed by atoms with Gasteiger partial charge in [-0.1, -0.05) is 6.92 Å². The summed E-state index contributed by atoms with van der Waals surface area (Å²) in [5, 5.41) is 7.74. The molecule has 1 unspecified atom stereocenters. The standard InChI is InChI=1S/C10H19N3S/c1-8(4-11-3)5-12-6-10-7-13-9(2)14-10/h7-8,11-12H,4-6H2,1-3H3. The number of aryl methyl sites for hydroxylation is 1. The summed E-state index contributed by atoms with van der Waals surface area (Å²) < 4.78 is 0. The number of thiazole rings is 1. The van der Waals surface area contributed by atoms with Crippen molar-refractivity contribution in [3.05, 3.63) is 16.1 Å². The van der Waals surface area contributed by atoms with E-state index in [4.69, 9.17) is 0 Å². The maximum atomic E-state index is 4.22. The molecule has 3 nitrogen and oxygen atoms in total. The normalized spacial score (nSPS) is 13.1. The smallest absolute Gasteiger partial charge is 0.0897 e. The van der Waals surface area contributed by atoms with Crippen molar-refractivity contribution in [1.82, 2.24) is 15.6 Å². The lowest BCUT2D eigenvalue weighted by atomic mass is 10.2. The topological polar surface area (TPSA) is 37.0 Å². The highest BCUT2D eigenvalue weighted by Crippen LogP contribution is 2.10. The number of nitrogens with zero attached hydrogens (tertiary/aromatic N) is 1. The van der Waals surface area contributed by atoms with E-state index in [1.807, 2.05) is 20.2 Å². The van der Waals surface area contributed by atoms with E-state index in [2.05, 4.69) is 22.5 Å². The predicted molar refractivity (Wildman–Crippen MR) is 61.6 cm³/mol. The van der Waals surface area contributed by atoms with Crippen molar-refractivity contribution >= 4 is 11.3 Å². The second-order valence-corrected chi connectivity index (χ2v) is 4.96. The van der Waals surface area contributed by atoms with E-state index in [1.165, 1.54) is 4.88 Å². The fourth-order valence-electron chi connectivity index (χ4n) is 1.35. The Morgan fingerprint density at radius 1 is 1.50 bits per heavy atom. The number of aromatic nitrogens is 1. The zero-order chi connectivity index (χ0) is 10.4. The van der Waals surface area contributed by atoms with Crippen molar-refractivity contribution < 1.29 is 0 Å². The highest BCUT2D eigenvalue weighted by molar-refractivity contribution is 7.11. The van der Waals surface area contributed by atoms with Crippen LogP contribution in [0.2, 0.25) is 0 Å². The van der Waals surface area contributed by atoms with Gasteiger partial charge in [-0.15, -0.1) is 11.3 Å². The quantitative estimate of drug-likeness (QED) is 0.750. The van der Waals surface area contributed by atoms with Crippen LogP contribution in [0, 0.1) is 12.8 Å². The molecule has 4 heteroatoms. The van der Waals surface area contributed by atoms with Gasteiger partial charge in [0.05, 0.1) is 5.01 Å². The van der Waals surface area contributed by atoms with Crippen molar-refractivity contribution in [1.29, 1.82) is 0 Å². The SMILES string of the molecule is CNCC(C)CNCc1cnc(C)s1. The largest absolute Gasteiger partial charge is 0.319 e. The lowest BCUT2D eigenvalue weighted by molar-refractivity contribution is 0.492. The van der Waals surface area contributed by atoms with Gasteiger partial charge in [-0.2, -0.15) is 0 Å². The van der Waals surface area contributed by atoms with E-state index in [0.29, 0.717) is 5.92 Å². The van der Waals surface area contributed by atoms with Gasteiger partial charge in [0.1, 0.15) is 0 Å². The van der Waals surface area contributed by atoms with Crippen LogP contribution in [0.1, 0.15) is 16.8 Å². The first-order valence-corrected chi connectivity index (χ1v) is 5.80. The Balaban J connectivity index is 2.15. The third kappa shape index (κ3) is 4.17. The van der Waals surface area contributed by atoms with Gasteiger partial charge in [0, 0.05) is 17.6 Å². The molecule has 0 aliphatic heterocycles. The lowest BCUT2D eigenvalue weighted by Gasteiger charge is -2.10. The lowest BCUT2D eigenvalue weighted by Crippen LogP contribution is -2.27. The van der Waals surface area contributed by atoms with E-state index < -0.39 is 0 Å². The fourth-order valence-corrected chi connectivity index (χ4v) is 2.11. The molecule has 1 aromatic heterocycles. The highest BCUT2D eigenvalue weighted by Gasteiger charge is 2.01. The minimum Gasteiger partial charge on any atom is -0.319 e. The molecule has 2 N–H and O–H groups in total. The van der Waals surface area contributed by atoms with Crippen LogP contribution in [-0.4, -0.2) is 25.1 Å². The van der Waals surface area contributed by atoms with Crippen molar-refractivity contribution in [2.45, 2.75) is 20.4 Å². The molecule has 0 spiro atoms. The summed E-state index contributed by atoms with van der Waals surface area (Å²) in [6.45, 7) is 7.34. The van der Waals surface area contributed by atoms with Crippen LogP contribution in [0.4, 0.5) is 0 Å². The number of hydrogen-bond acceptors (Lipinski definition) is 4. The Morgan fingerprint density at radius 2 is 2.29 bits per heavy atom. The van der Waals surface area contributed by atoms with Crippen LogP contribution in [0.25, 0.3) is 0 Å². The Morgan fingerprint density at radius 3 is 2.86 bits per heavy atom. The summed E-state index contributed by atoms with van der Waals surface area (Å²) in [5.41, 5.74) is 0. The summed E-state index contributed by atoms with van der Waals surface area (Å²) in [6, 6.07) is 0. The third-order valence-electron chi connectivity index (χ3n) is 2.01. The molecule has 0 aromatic carbocycles. The monoisotopic (exact) mass is 213 g/mol. The maximum Gasteiger partial charge on any atom is 0.0897 e. The van der Waals surface area contributed by atoms with Gasteiger partial charge in [-0.25, -0.2) is 4.98 Å². The van der Waals surface area contributed by atoms with E-state index in [0.717, 1.165) is 24.6 Å². The number of hydrogen-bond donors (Lipinski definition) is 2. The number of rotatable bonds is 6. The first kappa shape index (κ1) is 11.6. The first-order chi connectivity index (χ1) is 6.72. The molecule has 0 amide bonds. The van der Waals surface area contributed by atoms with Crippen molar-refractivity contribution in [3.63, 3.8) is 0 Å². The van der Waals surface area contributed by atoms with Crippen LogP contribution in [0.15, 0.2) is 6.20 Å². The molecule has 0 bridgehead atoms. The maximum absolute atomic E-state index is 4.22. The molecule has 1 rings (SSSR count). The van der Waals surface area contributed by atoms with Crippen LogP contribution >= 0.6 is 11.3 Å². The molecule has 0 saturated carbocycles. The summed E-state index contributed by atoms with van der Waals surface area (Å²) in [4.78, 5) is 5.54. The van der Waals surface area contributed by atoms with Crippen LogP contribution < -0.4 is 10.6 Å². The van der Waals surface area contributed by atoms with E-state index in [1.54, 1.807) is 11.3 Å². The Labute approximate surface area is 89.9 Å². The Kier molecular flexibility index (Phi) is 5.07. The molecular formula is C10H19N3S. The molecule has 0 aliphatic carbocycles. The van der Waals surface area contributed by atoms with E-state index in [-0.39, 0.29) is 0 Å².